The van der Waals surface area contributed by atoms with Crippen molar-refractivity contribution in [3.05, 3.63) is 0 Å². The highest BCUT2D eigenvalue weighted by atomic mass is 32.1. The molecule has 0 spiro atoms. The smallest absolute Gasteiger partial charge is 0.305 e. The maximum absolute atomic E-state index is 10.8. The second kappa shape index (κ2) is 7.92. The molecule has 0 rings (SSSR count). The summed E-state index contributed by atoms with van der Waals surface area (Å²) >= 11 is 4.04. The molecule has 11 heavy (non-hydrogen) atoms. The minimum Gasteiger partial charge on any atom is -0.466 e. The number of ether oxygens (including phenoxy) is 1. The van der Waals surface area contributed by atoms with Crippen molar-refractivity contribution in [1.82, 2.24) is 0 Å². The molecule has 0 aliphatic carbocycles. The van der Waals surface area contributed by atoms with E-state index in [-0.39, 0.29) is 5.97 Å². The Morgan fingerprint density at radius 1 is 1.45 bits per heavy atom. The summed E-state index contributed by atoms with van der Waals surface area (Å²) in [6, 6.07) is 0. The summed E-state index contributed by atoms with van der Waals surface area (Å²) in [6.07, 6.45) is 3.33. The Labute approximate surface area is 73.7 Å². The van der Waals surface area contributed by atoms with Crippen molar-refractivity contribution >= 4 is 18.6 Å². The molecule has 3 heteroatoms. The Morgan fingerprint density at radius 3 is 2.73 bits per heavy atom. The van der Waals surface area contributed by atoms with Crippen molar-refractivity contribution in [2.45, 2.75) is 32.6 Å². The van der Waals surface area contributed by atoms with Crippen LogP contribution >= 0.6 is 12.6 Å². The fraction of sp³-hybridized carbons (Fsp3) is 0.875. The lowest BCUT2D eigenvalue weighted by Gasteiger charge is -2.01. The Kier molecular flexibility index (Phi) is 7.79. The second-order valence-electron chi connectivity index (χ2n) is 2.40. The van der Waals surface area contributed by atoms with Gasteiger partial charge in [0.1, 0.15) is 0 Å². The molecule has 0 fully saturated rings. The third-order valence-electron chi connectivity index (χ3n) is 1.26. The minimum absolute atomic E-state index is 0.0753. The zero-order valence-electron chi connectivity index (χ0n) is 7.01. The van der Waals surface area contributed by atoms with E-state index in [9.17, 15) is 4.79 Å². The number of carbonyl (C=O) groups excluding carboxylic acids is 1. The molecule has 0 saturated heterocycles. The molecule has 66 valence electrons. The zero-order valence-corrected chi connectivity index (χ0v) is 7.90. The molecule has 0 aromatic carbocycles. The summed E-state index contributed by atoms with van der Waals surface area (Å²) in [5, 5.41) is 0. The summed E-state index contributed by atoms with van der Waals surface area (Å²) in [4.78, 5) is 10.8. The van der Waals surface area contributed by atoms with Crippen LogP contribution in [0.15, 0.2) is 0 Å². The lowest BCUT2D eigenvalue weighted by atomic mass is 10.2. The van der Waals surface area contributed by atoms with Gasteiger partial charge in [-0.15, -0.1) is 0 Å². The molecule has 0 aliphatic heterocycles. The molecule has 0 amide bonds. The van der Waals surface area contributed by atoms with E-state index in [1.165, 1.54) is 0 Å². The third-order valence-corrected chi connectivity index (χ3v) is 1.57. The highest BCUT2D eigenvalue weighted by Crippen LogP contribution is 1.98. The van der Waals surface area contributed by atoms with Crippen LogP contribution in [0.2, 0.25) is 0 Å². The van der Waals surface area contributed by atoms with Crippen LogP contribution in [-0.4, -0.2) is 18.3 Å². The standard InChI is InChI=1S/C8H16O2S/c1-2-6-10-8(9)5-3-4-7-11/h11H,2-7H2,1H3. The fourth-order valence-electron chi connectivity index (χ4n) is 0.669. The minimum atomic E-state index is -0.0753. The lowest BCUT2D eigenvalue weighted by Crippen LogP contribution is -2.04. The van der Waals surface area contributed by atoms with Gasteiger partial charge < -0.3 is 4.74 Å². The van der Waals surface area contributed by atoms with Crippen LogP contribution in [0.1, 0.15) is 32.6 Å². The predicted octanol–water partition coefficient (Wildman–Crippen LogP) is 2.04. The summed E-state index contributed by atoms with van der Waals surface area (Å²) in [5.74, 6) is 0.773. The van der Waals surface area contributed by atoms with E-state index < -0.39 is 0 Å². The maximum atomic E-state index is 10.8. The molecule has 0 heterocycles. The molecule has 0 N–H and O–H groups in total. The van der Waals surface area contributed by atoms with Crippen molar-refractivity contribution in [2.75, 3.05) is 12.4 Å². The van der Waals surface area contributed by atoms with E-state index in [1.807, 2.05) is 6.92 Å². The molecule has 0 saturated carbocycles. The van der Waals surface area contributed by atoms with E-state index in [1.54, 1.807) is 0 Å². The molecule has 0 aliphatic rings. The van der Waals surface area contributed by atoms with Gasteiger partial charge in [0.25, 0.3) is 0 Å². The largest absolute Gasteiger partial charge is 0.466 e. The van der Waals surface area contributed by atoms with Gasteiger partial charge in [0.05, 0.1) is 6.61 Å². The number of thiol groups is 1. The lowest BCUT2D eigenvalue weighted by molar-refractivity contribution is -0.143. The third kappa shape index (κ3) is 7.72. The second-order valence-corrected chi connectivity index (χ2v) is 2.85. The molecule has 0 radical (unpaired) electrons. The van der Waals surface area contributed by atoms with Crippen molar-refractivity contribution < 1.29 is 9.53 Å². The average molecular weight is 176 g/mol. The Morgan fingerprint density at radius 2 is 2.18 bits per heavy atom. The van der Waals surface area contributed by atoms with Gasteiger partial charge in [-0.2, -0.15) is 12.6 Å². The van der Waals surface area contributed by atoms with Crippen LogP contribution in [0.3, 0.4) is 0 Å². The fourth-order valence-corrected chi connectivity index (χ4v) is 0.893. The predicted molar refractivity (Wildman–Crippen MR) is 49.0 cm³/mol. The van der Waals surface area contributed by atoms with Gasteiger partial charge >= 0.3 is 5.97 Å². The van der Waals surface area contributed by atoms with E-state index in [0.29, 0.717) is 13.0 Å². The first kappa shape index (κ1) is 10.8. The number of esters is 1. The summed E-state index contributed by atoms with van der Waals surface area (Å²) in [6.45, 7) is 2.54. The Bertz CT molecular complexity index is 104. The first-order valence-electron chi connectivity index (χ1n) is 4.07. The highest BCUT2D eigenvalue weighted by molar-refractivity contribution is 7.80. The van der Waals surface area contributed by atoms with Crippen LogP contribution in [0, 0.1) is 0 Å². The zero-order chi connectivity index (χ0) is 8.53. The topological polar surface area (TPSA) is 26.3 Å². The van der Waals surface area contributed by atoms with Crippen LogP contribution in [0.5, 0.6) is 0 Å². The number of hydrogen-bond acceptors (Lipinski definition) is 3. The van der Waals surface area contributed by atoms with Crippen molar-refractivity contribution in [1.29, 1.82) is 0 Å². The maximum Gasteiger partial charge on any atom is 0.305 e. The highest BCUT2D eigenvalue weighted by Gasteiger charge is 1.99. The summed E-state index contributed by atoms with van der Waals surface area (Å²) in [7, 11) is 0. The van der Waals surface area contributed by atoms with E-state index in [4.69, 9.17) is 4.74 Å². The van der Waals surface area contributed by atoms with Gasteiger partial charge in [-0.05, 0) is 25.0 Å². The van der Waals surface area contributed by atoms with Crippen LogP contribution in [-0.2, 0) is 9.53 Å². The van der Waals surface area contributed by atoms with Crippen molar-refractivity contribution in [3.8, 4) is 0 Å². The molecular formula is C8H16O2S. The average Bonchev–Trinajstić information content (AvgIpc) is 2.01. The quantitative estimate of drug-likeness (QED) is 0.381. The number of unbranched alkanes of at least 4 members (excludes halogenated alkanes) is 1. The number of rotatable bonds is 6. The molecule has 2 nitrogen and oxygen atoms in total. The molecule has 0 aromatic heterocycles. The Hall–Kier alpha value is -0.180. The van der Waals surface area contributed by atoms with Crippen molar-refractivity contribution in [3.63, 3.8) is 0 Å². The van der Waals surface area contributed by atoms with E-state index in [0.717, 1.165) is 25.0 Å². The van der Waals surface area contributed by atoms with Gasteiger partial charge in [0.15, 0.2) is 0 Å². The van der Waals surface area contributed by atoms with Crippen LogP contribution in [0.4, 0.5) is 0 Å². The van der Waals surface area contributed by atoms with Gasteiger partial charge in [0.2, 0.25) is 0 Å². The van der Waals surface area contributed by atoms with E-state index >= 15 is 0 Å². The van der Waals surface area contributed by atoms with Gasteiger partial charge in [-0.3, -0.25) is 4.79 Å². The van der Waals surface area contributed by atoms with Crippen LogP contribution in [0.25, 0.3) is 0 Å². The monoisotopic (exact) mass is 176 g/mol. The molecule has 0 unspecified atom stereocenters. The molecule has 0 aromatic rings. The van der Waals surface area contributed by atoms with E-state index in [2.05, 4.69) is 12.6 Å². The normalized spacial score (nSPS) is 9.64. The van der Waals surface area contributed by atoms with Gasteiger partial charge in [-0.25, -0.2) is 0 Å². The SMILES string of the molecule is CCCOC(=O)CCCCS. The Balaban J connectivity index is 3.09. The molecule has 0 atom stereocenters. The summed E-state index contributed by atoms with van der Waals surface area (Å²) < 4.78 is 4.87. The first-order chi connectivity index (χ1) is 5.31. The number of carbonyl (C=O) groups is 1. The first-order valence-corrected chi connectivity index (χ1v) is 4.71. The summed E-state index contributed by atoms with van der Waals surface area (Å²) in [5.41, 5.74) is 0. The van der Waals surface area contributed by atoms with Crippen molar-refractivity contribution in [2.24, 2.45) is 0 Å². The molecular weight excluding hydrogens is 160 g/mol. The van der Waals surface area contributed by atoms with Gasteiger partial charge in [0, 0.05) is 6.42 Å². The molecule has 0 bridgehead atoms. The van der Waals surface area contributed by atoms with Crippen LogP contribution < -0.4 is 0 Å². The number of hydrogen-bond donors (Lipinski definition) is 1. The van der Waals surface area contributed by atoms with Gasteiger partial charge in [-0.1, -0.05) is 6.92 Å².